The van der Waals surface area contributed by atoms with Crippen LogP contribution < -0.4 is 5.73 Å². The van der Waals surface area contributed by atoms with Gasteiger partial charge >= 0.3 is 0 Å². The molecule has 0 radical (unpaired) electrons. The van der Waals surface area contributed by atoms with Crippen molar-refractivity contribution in [3.8, 4) is 0 Å². The van der Waals surface area contributed by atoms with Crippen LogP contribution in [0.1, 0.15) is 24.3 Å². The molecule has 7 heteroatoms. The number of nitrogen functional groups attached to an aromatic ring is 1. The zero-order chi connectivity index (χ0) is 12.8. The van der Waals surface area contributed by atoms with Gasteiger partial charge < -0.3 is 5.73 Å². The van der Waals surface area contributed by atoms with Crippen LogP contribution in [-0.4, -0.2) is 34.5 Å². The fourth-order valence-corrected chi connectivity index (χ4v) is 4.22. The number of nitrogens with zero attached hydrogens (tertiary/aromatic N) is 3. The smallest absolute Gasteiger partial charge is 0.160 e. The predicted octanol–water partition coefficient (Wildman–Crippen LogP) is 0.604. The van der Waals surface area contributed by atoms with E-state index in [1.54, 1.807) is 23.0 Å². The van der Waals surface area contributed by atoms with Gasteiger partial charge in [-0.15, -0.1) is 0 Å². The Bertz CT molecular complexity index is 692. The highest BCUT2D eigenvalue weighted by molar-refractivity contribution is 7.91. The van der Waals surface area contributed by atoms with E-state index in [-0.39, 0.29) is 17.4 Å². The predicted molar refractivity (Wildman–Crippen MR) is 68.0 cm³/mol. The summed E-state index contributed by atoms with van der Waals surface area (Å²) in [4.78, 5) is 4.25. The Kier molecular flexibility index (Phi) is 2.51. The van der Waals surface area contributed by atoms with Crippen molar-refractivity contribution in [2.75, 3.05) is 17.2 Å². The molecule has 0 aliphatic carbocycles. The summed E-state index contributed by atoms with van der Waals surface area (Å²) >= 11 is 0. The standard InChI is InChI=1S/C11H14N4O2S/c12-10-3-4-13-11-9(6-14-15(10)11)8-2-1-5-18(16,17)7-8/h3-4,6,8H,1-2,5,7,12H2. The summed E-state index contributed by atoms with van der Waals surface area (Å²) in [5.74, 6) is 0.962. The average molecular weight is 266 g/mol. The molecule has 1 aliphatic heterocycles. The highest BCUT2D eigenvalue weighted by Crippen LogP contribution is 2.30. The first-order valence-corrected chi connectivity index (χ1v) is 7.67. The first-order valence-electron chi connectivity index (χ1n) is 5.85. The normalized spacial score (nSPS) is 23.2. The van der Waals surface area contributed by atoms with E-state index >= 15 is 0 Å². The molecule has 6 nitrogen and oxygen atoms in total. The molecule has 1 unspecified atom stereocenters. The quantitative estimate of drug-likeness (QED) is 0.816. The third kappa shape index (κ3) is 1.84. The summed E-state index contributed by atoms with van der Waals surface area (Å²) in [6, 6.07) is 1.67. The first-order chi connectivity index (χ1) is 8.57. The van der Waals surface area contributed by atoms with Gasteiger partial charge in [0.05, 0.1) is 17.7 Å². The van der Waals surface area contributed by atoms with E-state index < -0.39 is 9.84 Å². The second-order valence-corrected chi connectivity index (χ2v) is 6.89. The monoisotopic (exact) mass is 266 g/mol. The van der Waals surface area contributed by atoms with Crippen LogP contribution in [0.2, 0.25) is 0 Å². The number of anilines is 1. The topological polar surface area (TPSA) is 90.3 Å². The zero-order valence-corrected chi connectivity index (χ0v) is 10.6. The van der Waals surface area contributed by atoms with E-state index in [0.717, 1.165) is 12.0 Å². The van der Waals surface area contributed by atoms with E-state index in [1.807, 2.05) is 0 Å². The number of nitrogens with two attached hydrogens (primary N) is 1. The van der Waals surface area contributed by atoms with Crippen LogP contribution in [0.4, 0.5) is 5.82 Å². The molecule has 1 aliphatic rings. The van der Waals surface area contributed by atoms with Gasteiger partial charge in [0.25, 0.3) is 0 Å². The van der Waals surface area contributed by atoms with Gasteiger partial charge in [-0.05, 0) is 18.9 Å². The molecule has 1 atom stereocenters. The van der Waals surface area contributed by atoms with Crippen molar-refractivity contribution in [1.82, 2.24) is 14.6 Å². The zero-order valence-electron chi connectivity index (χ0n) is 9.78. The number of aromatic nitrogens is 3. The van der Waals surface area contributed by atoms with Gasteiger partial charge in [0.15, 0.2) is 15.5 Å². The second kappa shape index (κ2) is 3.94. The molecule has 1 fully saturated rings. The molecule has 18 heavy (non-hydrogen) atoms. The highest BCUT2D eigenvalue weighted by Gasteiger charge is 2.28. The van der Waals surface area contributed by atoms with Gasteiger partial charge in [-0.2, -0.15) is 9.61 Å². The summed E-state index contributed by atoms with van der Waals surface area (Å²) in [5.41, 5.74) is 7.34. The van der Waals surface area contributed by atoms with E-state index in [4.69, 9.17) is 5.73 Å². The summed E-state index contributed by atoms with van der Waals surface area (Å²) in [6.07, 6.45) is 4.86. The molecular formula is C11H14N4O2S. The van der Waals surface area contributed by atoms with Crippen molar-refractivity contribution in [1.29, 1.82) is 0 Å². The summed E-state index contributed by atoms with van der Waals surface area (Å²) in [7, 11) is -2.93. The maximum absolute atomic E-state index is 11.7. The second-order valence-electron chi connectivity index (χ2n) is 4.66. The number of sulfone groups is 1. The maximum Gasteiger partial charge on any atom is 0.160 e. The molecule has 0 amide bonds. The van der Waals surface area contributed by atoms with Gasteiger partial charge in [0.1, 0.15) is 5.82 Å². The lowest BCUT2D eigenvalue weighted by atomic mass is 9.98. The van der Waals surface area contributed by atoms with E-state index in [0.29, 0.717) is 17.9 Å². The first kappa shape index (κ1) is 11.5. The van der Waals surface area contributed by atoms with Gasteiger partial charge in [-0.25, -0.2) is 13.4 Å². The molecule has 96 valence electrons. The molecule has 2 N–H and O–H groups in total. The van der Waals surface area contributed by atoms with Gasteiger partial charge in [0, 0.05) is 17.7 Å². The van der Waals surface area contributed by atoms with Crippen molar-refractivity contribution in [3.05, 3.63) is 24.0 Å². The van der Waals surface area contributed by atoms with Crippen LogP contribution in [0, 0.1) is 0 Å². The van der Waals surface area contributed by atoms with Crippen LogP contribution in [0.25, 0.3) is 5.65 Å². The number of fused-ring (bicyclic) bond motifs is 1. The largest absolute Gasteiger partial charge is 0.384 e. The van der Waals surface area contributed by atoms with Crippen LogP contribution in [0.3, 0.4) is 0 Å². The van der Waals surface area contributed by atoms with E-state index in [2.05, 4.69) is 10.1 Å². The third-order valence-electron chi connectivity index (χ3n) is 3.36. The molecule has 0 aromatic carbocycles. The fraction of sp³-hybridized carbons (Fsp3) is 0.455. The Hall–Kier alpha value is -1.63. The van der Waals surface area contributed by atoms with Gasteiger partial charge in [0.2, 0.25) is 0 Å². The van der Waals surface area contributed by atoms with Gasteiger partial charge in [-0.3, -0.25) is 0 Å². The van der Waals surface area contributed by atoms with Gasteiger partial charge in [-0.1, -0.05) is 0 Å². The molecule has 3 rings (SSSR count). The van der Waals surface area contributed by atoms with Crippen LogP contribution in [0.15, 0.2) is 18.5 Å². The minimum Gasteiger partial charge on any atom is -0.384 e. The highest BCUT2D eigenvalue weighted by atomic mass is 32.2. The Labute approximate surface area is 105 Å². The summed E-state index contributed by atoms with van der Waals surface area (Å²) in [5, 5.41) is 4.18. The van der Waals surface area contributed by atoms with Crippen LogP contribution in [0.5, 0.6) is 0 Å². The minimum atomic E-state index is -2.93. The lowest BCUT2D eigenvalue weighted by molar-refractivity contribution is 0.555. The molecule has 2 aromatic rings. The minimum absolute atomic E-state index is 0.0180. The number of hydrogen-bond donors (Lipinski definition) is 1. The molecule has 1 saturated heterocycles. The SMILES string of the molecule is Nc1ccnc2c(C3CCCS(=O)(=O)C3)cnn12. The van der Waals surface area contributed by atoms with Crippen LogP contribution >= 0.6 is 0 Å². The maximum atomic E-state index is 11.7. The Balaban J connectivity index is 2.07. The molecule has 3 heterocycles. The molecule has 0 bridgehead atoms. The van der Waals surface area contributed by atoms with Crippen molar-refractivity contribution in [2.45, 2.75) is 18.8 Å². The average Bonchev–Trinajstić information content (AvgIpc) is 2.73. The fourth-order valence-electron chi connectivity index (χ4n) is 2.48. The molecule has 0 saturated carbocycles. The Morgan fingerprint density at radius 1 is 1.44 bits per heavy atom. The third-order valence-corrected chi connectivity index (χ3v) is 5.18. The number of hydrogen-bond acceptors (Lipinski definition) is 5. The van der Waals surface area contributed by atoms with Crippen LogP contribution in [-0.2, 0) is 9.84 Å². The molecule has 2 aromatic heterocycles. The van der Waals surface area contributed by atoms with Crippen molar-refractivity contribution < 1.29 is 8.42 Å². The lowest BCUT2D eigenvalue weighted by Gasteiger charge is -2.20. The summed E-state index contributed by atoms with van der Waals surface area (Å²) < 4.78 is 24.9. The molecule has 0 spiro atoms. The number of rotatable bonds is 1. The van der Waals surface area contributed by atoms with E-state index in [9.17, 15) is 8.42 Å². The Morgan fingerprint density at radius 2 is 2.28 bits per heavy atom. The lowest BCUT2D eigenvalue weighted by Crippen LogP contribution is -2.23. The van der Waals surface area contributed by atoms with Crippen molar-refractivity contribution in [2.24, 2.45) is 0 Å². The molecular weight excluding hydrogens is 252 g/mol. The summed E-state index contributed by atoms with van der Waals surface area (Å²) in [6.45, 7) is 0. The van der Waals surface area contributed by atoms with Crippen molar-refractivity contribution >= 4 is 21.3 Å². The van der Waals surface area contributed by atoms with Crippen molar-refractivity contribution in [3.63, 3.8) is 0 Å². The van der Waals surface area contributed by atoms with E-state index in [1.165, 1.54) is 0 Å². The Morgan fingerprint density at radius 3 is 3.06 bits per heavy atom.